The normalized spacial score (nSPS) is 30.4. The van der Waals surface area contributed by atoms with Gasteiger partial charge in [0.05, 0.1) is 12.9 Å². The molecule has 0 N–H and O–H groups in total. The van der Waals surface area contributed by atoms with Crippen molar-refractivity contribution in [2.45, 2.75) is 52.4 Å². The summed E-state index contributed by atoms with van der Waals surface area (Å²) in [5.74, 6) is 1.82. The summed E-state index contributed by atoms with van der Waals surface area (Å²) in [4.78, 5) is 0. The standard InChI is InChI=1S/C14H26O2S/c1-3-10-16-11-7-9-14(4-2)8-5-6-12-17(15)13-14/h3,10H,4-9,11-13H2,1-2H3/b10-3+. The molecule has 0 spiro atoms. The minimum atomic E-state index is -0.590. The molecule has 0 aliphatic carbocycles. The maximum atomic E-state index is 11.9. The first-order chi connectivity index (χ1) is 8.22. The molecule has 100 valence electrons. The molecule has 1 heterocycles. The van der Waals surface area contributed by atoms with Gasteiger partial charge in [0.2, 0.25) is 0 Å². The predicted molar refractivity (Wildman–Crippen MR) is 74.5 cm³/mol. The van der Waals surface area contributed by atoms with Gasteiger partial charge in [-0.1, -0.05) is 19.4 Å². The van der Waals surface area contributed by atoms with Crippen molar-refractivity contribution in [3.8, 4) is 0 Å². The van der Waals surface area contributed by atoms with Crippen molar-refractivity contribution in [1.29, 1.82) is 0 Å². The van der Waals surface area contributed by atoms with Crippen LogP contribution in [0.15, 0.2) is 12.3 Å². The maximum Gasteiger partial charge on any atom is 0.0873 e. The van der Waals surface area contributed by atoms with E-state index >= 15 is 0 Å². The predicted octanol–water partition coefficient (Wildman–Crippen LogP) is 3.65. The Balaban J connectivity index is 2.40. The van der Waals surface area contributed by atoms with Crippen LogP contribution in [0.25, 0.3) is 0 Å². The van der Waals surface area contributed by atoms with Crippen molar-refractivity contribution < 1.29 is 8.95 Å². The summed E-state index contributed by atoms with van der Waals surface area (Å²) < 4.78 is 17.2. The minimum absolute atomic E-state index is 0.320. The second-order valence-electron chi connectivity index (χ2n) is 5.04. The fourth-order valence-corrected chi connectivity index (χ4v) is 4.44. The molecule has 0 aromatic carbocycles. The summed E-state index contributed by atoms with van der Waals surface area (Å²) >= 11 is 0. The average Bonchev–Trinajstić information content (AvgIpc) is 2.51. The third-order valence-electron chi connectivity index (χ3n) is 3.75. The van der Waals surface area contributed by atoms with Gasteiger partial charge < -0.3 is 4.74 Å². The van der Waals surface area contributed by atoms with E-state index in [1.165, 1.54) is 12.8 Å². The Hall–Kier alpha value is -0.310. The van der Waals surface area contributed by atoms with Crippen molar-refractivity contribution in [2.75, 3.05) is 18.1 Å². The topological polar surface area (TPSA) is 26.3 Å². The van der Waals surface area contributed by atoms with Crippen LogP contribution in [0.1, 0.15) is 52.4 Å². The number of hydrogen-bond acceptors (Lipinski definition) is 2. The first-order valence-electron chi connectivity index (χ1n) is 6.80. The lowest BCUT2D eigenvalue weighted by molar-refractivity contribution is 0.195. The van der Waals surface area contributed by atoms with Gasteiger partial charge in [0.15, 0.2) is 0 Å². The van der Waals surface area contributed by atoms with Gasteiger partial charge in [-0.25, -0.2) is 0 Å². The molecule has 0 bridgehead atoms. The van der Waals surface area contributed by atoms with Crippen LogP contribution >= 0.6 is 0 Å². The van der Waals surface area contributed by atoms with Crippen LogP contribution in [0.3, 0.4) is 0 Å². The van der Waals surface area contributed by atoms with Gasteiger partial charge in [-0.2, -0.15) is 0 Å². The molecule has 2 atom stereocenters. The zero-order valence-corrected chi connectivity index (χ0v) is 12.1. The van der Waals surface area contributed by atoms with E-state index in [9.17, 15) is 4.21 Å². The van der Waals surface area contributed by atoms with Crippen LogP contribution in [0.4, 0.5) is 0 Å². The summed E-state index contributed by atoms with van der Waals surface area (Å²) in [6.07, 6.45) is 10.7. The van der Waals surface area contributed by atoms with Gasteiger partial charge in [0, 0.05) is 22.3 Å². The molecule has 0 aromatic heterocycles. The van der Waals surface area contributed by atoms with E-state index in [-0.39, 0.29) is 0 Å². The van der Waals surface area contributed by atoms with Crippen LogP contribution in [-0.4, -0.2) is 22.3 Å². The highest BCUT2D eigenvalue weighted by Crippen LogP contribution is 2.37. The molecule has 2 unspecified atom stereocenters. The van der Waals surface area contributed by atoms with Crippen molar-refractivity contribution in [3.05, 3.63) is 12.3 Å². The molecule has 1 aliphatic heterocycles. The molecule has 2 nitrogen and oxygen atoms in total. The Morgan fingerprint density at radius 2 is 2.24 bits per heavy atom. The highest BCUT2D eigenvalue weighted by Gasteiger charge is 2.31. The number of hydrogen-bond donors (Lipinski definition) is 0. The molecule has 0 radical (unpaired) electrons. The van der Waals surface area contributed by atoms with Gasteiger partial charge in [0.25, 0.3) is 0 Å². The summed E-state index contributed by atoms with van der Waals surface area (Å²) in [5, 5.41) is 0. The van der Waals surface area contributed by atoms with Crippen LogP contribution < -0.4 is 0 Å². The highest BCUT2D eigenvalue weighted by molar-refractivity contribution is 7.85. The molecule has 1 rings (SSSR count). The second kappa shape index (κ2) is 7.91. The molecule has 0 saturated carbocycles. The third kappa shape index (κ3) is 5.24. The Morgan fingerprint density at radius 1 is 1.41 bits per heavy atom. The quantitative estimate of drug-likeness (QED) is 0.537. The van der Waals surface area contributed by atoms with E-state index < -0.39 is 10.8 Å². The molecule has 3 heteroatoms. The molecule has 1 aliphatic rings. The van der Waals surface area contributed by atoms with Crippen LogP contribution in [0.2, 0.25) is 0 Å². The first-order valence-corrected chi connectivity index (χ1v) is 8.29. The van der Waals surface area contributed by atoms with Crippen LogP contribution in [-0.2, 0) is 15.5 Å². The van der Waals surface area contributed by atoms with Gasteiger partial charge in [-0.05, 0) is 44.4 Å². The van der Waals surface area contributed by atoms with E-state index in [0.717, 1.165) is 43.8 Å². The Kier molecular flexibility index (Phi) is 6.86. The molecule has 1 fully saturated rings. The third-order valence-corrected chi connectivity index (χ3v) is 5.43. The number of ether oxygens (including phenoxy) is 1. The van der Waals surface area contributed by atoms with Crippen molar-refractivity contribution >= 4 is 10.8 Å². The average molecular weight is 258 g/mol. The monoisotopic (exact) mass is 258 g/mol. The SMILES string of the molecule is C/C=C/OCCCC1(CC)CCCCS(=O)C1. The first kappa shape index (κ1) is 14.7. The zero-order chi connectivity index (χ0) is 12.6. The summed E-state index contributed by atoms with van der Waals surface area (Å²) in [7, 11) is -0.590. The largest absolute Gasteiger partial charge is 0.502 e. The molecule has 17 heavy (non-hydrogen) atoms. The van der Waals surface area contributed by atoms with Gasteiger partial charge >= 0.3 is 0 Å². The fraction of sp³-hybridized carbons (Fsp3) is 0.857. The van der Waals surface area contributed by atoms with E-state index in [0.29, 0.717) is 5.41 Å². The smallest absolute Gasteiger partial charge is 0.0873 e. The Morgan fingerprint density at radius 3 is 2.94 bits per heavy atom. The lowest BCUT2D eigenvalue weighted by atomic mass is 9.78. The van der Waals surface area contributed by atoms with Gasteiger partial charge in [-0.15, -0.1) is 0 Å². The van der Waals surface area contributed by atoms with Crippen molar-refractivity contribution in [2.24, 2.45) is 5.41 Å². The molecule has 0 aromatic rings. The molecule has 1 saturated heterocycles. The minimum Gasteiger partial charge on any atom is -0.502 e. The summed E-state index contributed by atoms with van der Waals surface area (Å²) in [5.41, 5.74) is 0.320. The summed E-state index contributed by atoms with van der Waals surface area (Å²) in [6.45, 7) is 5.00. The lowest BCUT2D eigenvalue weighted by Gasteiger charge is -2.31. The van der Waals surface area contributed by atoms with Crippen molar-refractivity contribution in [1.82, 2.24) is 0 Å². The fourth-order valence-electron chi connectivity index (χ4n) is 2.60. The maximum absolute atomic E-state index is 11.9. The van der Waals surface area contributed by atoms with Gasteiger partial charge in [0.1, 0.15) is 0 Å². The van der Waals surface area contributed by atoms with Crippen LogP contribution in [0.5, 0.6) is 0 Å². The van der Waals surface area contributed by atoms with Crippen molar-refractivity contribution in [3.63, 3.8) is 0 Å². The lowest BCUT2D eigenvalue weighted by Crippen LogP contribution is -2.26. The van der Waals surface area contributed by atoms with Crippen LogP contribution in [0, 0.1) is 5.41 Å². The zero-order valence-electron chi connectivity index (χ0n) is 11.2. The number of rotatable bonds is 6. The Bertz CT molecular complexity index is 263. The molecule has 0 amide bonds. The van der Waals surface area contributed by atoms with E-state index in [1.54, 1.807) is 6.26 Å². The van der Waals surface area contributed by atoms with E-state index in [4.69, 9.17) is 4.74 Å². The Labute approximate surface area is 108 Å². The van der Waals surface area contributed by atoms with E-state index in [1.807, 2.05) is 13.0 Å². The second-order valence-corrected chi connectivity index (χ2v) is 6.62. The molecular formula is C14H26O2S. The van der Waals surface area contributed by atoms with Gasteiger partial charge in [-0.3, -0.25) is 4.21 Å². The van der Waals surface area contributed by atoms with E-state index in [2.05, 4.69) is 6.92 Å². The molecular weight excluding hydrogens is 232 g/mol. The summed E-state index contributed by atoms with van der Waals surface area (Å²) in [6, 6.07) is 0. The highest BCUT2D eigenvalue weighted by atomic mass is 32.2. The number of allylic oxidation sites excluding steroid dienone is 1.